The van der Waals surface area contributed by atoms with Gasteiger partial charge in [-0.05, 0) is 92.2 Å². The average Bonchev–Trinajstić information content (AvgIpc) is 2.99. The monoisotopic (exact) mass is 542 g/mol. The molecule has 2 N–H and O–H groups in total. The predicted molar refractivity (Wildman–Crippen MR) is 170 cm³/mol. The number of phenolic OH excluding ortho intramolecular Hbond substituents is 2. The summed E-state index contributed by atoms with van der Waals surface area (Å²) in [6.45, 7) is 11.2. The number of aromatic hydroxyl groups is 2. The van der Waals surface area contributed by atoms with Gasteiger partial charge in [-0.25, -0.2) is 4.98 Å². The molecule has 206 valence electrons. The molecular formula is C36H34N2O3. The third kappa shape index (κ3) is 7.62. The summed E-state index contributed by atoms with van der Waals surface area (Å²) in [6.07, 6.45) is 5.03. The third-order valence-electron chi connectivity index (χ3n) is 5.79. The molecule has 1 heterocycles. The fourth-order valence-electron chi connectivity index (χ4n) is 3.98. The number of nitrogens with zero attached hydrogens (tertiary/aromatic N) is 2. The van der Waals surface area contributed by atoms with Crippen LogP contribution in [0.1, 0.15) is 48.8 Å². The van der Waals surface area contributed by atoms with Crippen molar-refractivity contribution in [3.63, 3.8) is 0 Å². The molecule has 5 heteroatoms. The first-order valence-corrected chi connectivity index (χ1v) is 13.4. The lowest BCUT2D eigenvalue weighted by Crippen LogP contribution is -2.23. The number of aryl methyl sites for hydroxylation is 1. The van der Waals surface area contributed by atoms with E-state index in [-0.39, 0.29) is 17.1 Å². The van der Waals surface area contributed by atoms with Gasteiger partial charge in [0, 0.05) is 16.7 Å². The maximum Gasteiger partial charge on any atom is 0.266 e. The summed E-state index contributed by atoms with van der Waals surface area (Å²) in [4.78, 5) is 18.3. The van der Waals surface area contributed by atoms with Crippen LogP contribution in [0.3, 0.4) is 0 Å². The van der Waals surface area contributed by atoms with Crippen LogP contribution in [0.5, 0.6) is 11.5 Å². The Morgan fingerprint density at radius 1 is 0.829 bits per heavy atom. The molecule has 5 rings (SSSR count). The van der Waals surface area contributed by atoms with Crippen LogP contribution in [0.25, 0.3) is 28.7 Å². The number of benzene rings is 4. The average molecular weight is 543 g/mol. The molecule has 0 aliphatic rings. The Bertz CT molecular complexity index is 1790. The van der Waals surface area contributed by atoms with Gasteiger partial charge in [-0.15, -0.1) is 6.58 Å². The maximum atomic E-state index is 13.6. The van der Waals surface area contributed by atoms with E-state index in [0.29, 0.717) is 28.0 Å². The van der Waals surface area contributed by atoms with Gasteiger partial charge in [0.1, 0.15) is 17.3 Å². The lowest BCUT2D eigenvalue weighted by Gasteiger charge is -2.14. The van der Waals surface area contributed by atoms with E-state index in [4.69, 9.17) is 4.98 Å². The van der Waals surface area contributed by atoms with Crippen LogP contribution >= 0.6 is 0 Å². The van der Waals surface area contributed by atoms with Gasteiger partial charge in [0.25, 0.3) is 5.56 Å². The zero-order chi connectivity index (χ0) is 29.8. The Hall–Kier alpha value is -5.34. The van der Waals surface area contributed by atoms with Crippen molar-refractivity contribution in [2.24, 2.45) is 0 Å². The zero-order valence-corrected chi connectivity index (χ0v) is 23.8. The van der Waals surface area contributed by atoms with Gasteiger partial charge in [0.15, 0.2) is 0 Å². The van der Waals surface area contributed by atoms with Gasteiger partial charge in [0.2, 0.25) is 0 Å². The number of rotatable bonds is 3. The first kappa shape index (κ1) is 30.2. The van der Waals surface area contributed by atoms with Gasteiger partial charge in [-0.1, -0.05) is 62.1 Å². The zero-order valence-electron chi connectivity index (χ0n) is 23.8. The van der Waals surface area contributed by atoms with Crippen LogP contribution in [0.2, 0.25) is 0 Å². The molecule has 5 aromatic rings. The van der Waals surface area contributed by atoms with Crippen molar-refractivity contribution in [3.8, 4) is 29.0 Å². The molecule has 0 spiro atoms. The maximum absolute atomic E-state index is 13.6. The van der Waals surface area contributed by atoms with Crippen LogP contribution in [0.15, 0.2) is 108 Å². The smallest absolute Gasteiger partial charge is 0.266 e. The minimum Gasteiger partial charge on any atom is -0.508 e. The van der Waals surface area contributed by atoms with Gasteiger partial charge in [-0.2, -0.15) is 0 Å². The number of hydrogen-bond acceptors (Lipinski definition) is 4. The Labute approximate surface area is 241 Å². The van der Waals surface area contributed by atoms with Crippen LogP contribution in [0.4, 0.5) is 0 Å². The van der Waals surface area contributed by atoms with E-state index in [2.05, 4.69) is 18.4 Å². The van der Waals surface area contributed by atoms with E-state index < -0.39 is 0 Å². The van der Waals surface area contributed by atoms with Crippen molar-refractivity contribution in [2.75, 3.05) is 0 Å². The highest BCUT2D eigenvalue weighted by Gasteiger charge is 2.13. The highest BCUT2D eigenvalue weighted by molar-refractivity contribution is 5.80. The largest absolute Gasteiger partial charge is 0.508 e. The summed E-state index contributed by atoms with van der Waals surface area (Å²) in [5.41, 5.74) is 4.09. The Morgan fingerprint density at radius 3 is 2.20 bits per heavy atom. The molecule has 1 aromatic heterocycles. The fourth-order valence-corrected chi connectivity index (χ4v) is 3.98. The number of hydrogen-bond donors (Lipinski definition) is 2. The molecule has 0 saturated carbocycles. The molecule has 0 aliphatic carbocycles. The number of allylic oxidation sites excluding steroid dienone is 1. The molecule has 0 atom stereocenters. The summed E-state index contributed by atoms with van der Waals surface area (Å²) < 4.78 is 1.56. The number of fused-ring (bicyclic) bond motifs is 1. The van der Waals surface area contributed by atoms with Crippen molar-refractivity contribution in [2.45, 2.75) is 27.7 Å². The predicted octanol–water partition coefficient (Wildman–Crippen LogP) is 7.89. The van der Waals surface area contributed by atoms with Crippen molar-refractivity contribution >= 4 is 23.1 Å². The van der Waals surface area contributed by atoms with Gasteiger partial charge >= 0.3 is 0 Å². The minimum atomic E-state index is -0.202. The quantitative estimate of drug-likeness (QED) is 0.138. The topological polar surface area (TPSA) is 75.3 Å². The van der Waals surface area contributed by atoms with Gasteiger partial charge < -0.3 is 10.2 Å². The second-order valence-corrected chi connectivity index (χ2v) is 8.73. The van der Waals surface area contributed by atoms with E-state index >= 15 is 0 Å². The van der Waals surface area contributed by atoms with E-state index in [9.17, 15) is 15.0 Å². The van der Waals surface area contributed by atoms with E-state index in [1.807, 2.05) is 88.4 Å². The Balaban J connectivity index is 0.000000868. The molecule has 0 saturated heterocycles. The standard InChI is InChI=1S/C31H22N2O3.C3H6.C2H6/c1-21-19-23(12-11-22-7-3-2-4-8-22)13-16-28(21)33-30(18-14-24-20-25(34)15-17-29(24)35)32-27-10-6-5-9-26(27)31(33)36;1-3-2;1-2/h2-10,13-20,34-35H,1H3;3H,1H2,2H3;1-2H3/b18-14+;;. The molecular weight excluding hydrogens is 508 g/mol. The molecule has 0 unspecified atom stereocenters. The molecule has 0 fully saturated rings. The van der Waals surface area contributed by atoms with E-state index in [1.54, 1.807) is 34.9 Å². The normalized spacial score (nSPS) is 10.0. The Kier molecular flexibility index (Phi) is 10.8. The van der Waals surface area contributed by atoms with Crippen molar-refractivity contribution in [1.82, 2.24) is 9.55 Å². The first-order valence-electron chi connectivity index (χ1n) is 13.4. The highest BCUT2D eigenvalue weighted by Crippen LogP contribution is 2.25. The summed E-state index contributed by atoms with van der Waals surface area (Å²) in [6, 6.07) is 26.9. The van der Waals surface area contributed by atoms with Crippen LogP contribution in [0, 0.1) is 18.8 Å². The summed E-state index contributed by atoms with van der Waals surface area (Å²) >= 11 is 0. The highest BCUT2D eigenvalue weighted by atomic mass is 16.3. The van der Waals surface area contributed by atoms with Crippen LogP contribution in [-0.4, -0.2) is 19.8 Å². The van der Waals surface area contributed by atoms with E-state index in [0.717, 1.165) is 16.7 Å². The van der Waals surface area contributed by atoms with E-state index in [1.165, 1.54) is 18.2 Å². The molecule has 41 heavy (non-hydrogen) atoms. The lowest BCUT2D eigenvalue weighted by molar-refractivity contribution is 0.459. The van der Waals surface area contributed by atoms with Gasteiger partial charge in [-0.3, -0.25) is 9.36 Å². The van der Waals surface area contributed by atoms with Crippen LogP contribution in [-0.2, 0) is 0 Å². The van der Waals surface area contributed by atoms with Crippen LogP contribution < -0.4 is 5.56 Å². The number of aromatic nitrogens is 2. The first-order chi connectivity index (χ1) is 19.9. The summed E-state index contributed by atoms with van der Waals surface area (Å²) in [5.74, 6) is 6.77. The molecule has 4 aromatic carbocycles. The summed E-state index contributed by atoms with van der Waals surface area (Å²) in [5, 5.41) is 20.5. The lowest BCUT2D eigenvalue weighted by atomic mass is 10.1. The van der Waals surface area contributed by atoms with Crippen molar-refractivity contribution in [1.29, 1.82) is 0 Å². The number of para-hydroxylation sites is 1. The Morgan fingerprint density at radius 2 is 1.49 bits per heavy atom. The molecule has 5 nitrogen and oxygen atoms in total. The fraction of sp³-hybridized carbons (Fsp3) is 0.111. The molecule has 0 amide bonds. The minimum absolute atomic E-state index is 0.0104. The van der Waals surface area contributed by atoms with Crippen molar-refractivity contribution in [3.05, 3.63) is 142 Å². The molecule has 0 bridgehead atoms. The van der Waals surface area contributed by atoms with Gasteiger partial charge in [0.05, 0.1) is 16.6 Å². The third-order valence-corrected chi connectivity index (χ3v) is 5.79. The van der Waals surface area contributed by atoms with Crippen molar-refractivity contribution < 1.29 is 10.2 Å². The number of phenols is 2. The summed E-state index contributed by atoms with van der Waals surface area (Å²) in [7, 11) is 0. The molecule has 0 aliphatic heterocycles. The molecule has 0 radical (unpaired) electrons. The second kappa shape index (κ2) is 14.7. The second-order valence-electron chi connectivity index (χ2n) is 8.73. The SMILES string of the molecule is C=CC.CC.Cc1cc(C#Cc2ccccc2)ccc1-n1c(/C=C/c2cc(O)ccc2O)nc2ccccc2c1=O.